The molecule has 4 rings (SSSR count). The van der Waals surface area contributed by atoms with E-state index in [0.29, 0.717) is 29.7 Å². The van der Waals surface area contributed by atoms with E-state index in [1.807, 2.05) is 13.0 Å². The monoisotopic (exact) mass is 461 g/mol. The predicted molar refractivity (Wildman–Crippen MR) is 136 cm³/mol. The summed E-state index contributed by atoms with van der Waals surface area (Å²) in [6, 6.07) is 15.0. The van der Waals surface area contributed by atoms with Gasteiger partial charge >= 0.3 is 11.7 Å². The van der Waals surface area contributed by atoms with Crippen molar-refractivity contribution < 1.29 is 4.79 Å². The summed E-state index contributed by atoms with van der Waals surface area (Å²) in [6.07, 6.45) is 4.99. The topological polar surface area (TPSA) is 99.2 Å². The van der Waals surface area contributed by atoms with Crippen molar-refractivity contribution in [3.63, 3.8) is 0 Å². The Bertz CT molecular complexity index is 1290. The van der Waals surface area contributed by atoms with E-state index in [9.17, 15) is 14.4 Å². The number of nitrogens with zero attached hydrogens (tertiary/aromatic N) is 2. The highest BCUT2D eigenvalue weighted by atomic mass is 16.2. The van der Waals surface area contributed by atoms with Crippen LogP contribution in [0.5, 0.6) is 0 Å². The molecule has 0 radical (unpaired) electrons. The third-order valence-corrected chi connectivity index (χ3v) is 6.12. The maximum atomic E-state index is 12.9. The number of rotatable bonds is 8. The molecule has 0 bridgehead atoms. The lowest BCUT2D eigenvalue weighted by Crippen LogP contribution is -2.35. The second-order valence-electron chi connectivity index (χ2n) is 8.48. The molecule has 0 fully saturated rings. The van der Waals surface area contributed by atoms with Gasteiger partial charge in [0, 0.05) is 31.9 Å². The Morgan fingerprint density at radius 1 is 1.06 bits per heavy atom. The molecule has 1 aromatic heterocycles. The van der Waals surface area contributed by atoms with Crippen LogP contribution in [0.3, 0.4) is 0 Å². The van der Waals surface area contributed by atoms with E-state index in [2.05, 4.69) is 50.9 Å². The molecule has 1 aliphatic heterocycles. The van der Waals surface area contributed by atoms with Crippen LogP contribution >= 0.6 is 0 Å². The van der Waals surface area contributed by atoms with E-state index < -0.39 is 5.69 Å². The van der Waals surface area contributed by atoms with Crippen LogP contribution in [0.4, 0.5) is 10.5 Å². The van der Waals surface area contributed by atoms with Crippen molar-refractivity contribution in [1.82, 2.24) is 19.8 Å². The molecule has 0 aliphatic carbocycles. The van der Waals surface area contributed by atoms with Crippen LogP contribution in [0.2, 0.25) is 0 Å². The Morgan fingerprint density at radius 3 is 2.59 bits per heavy atom. The summed E-state index contributed by atoms with van der Waals surface area (Å²) in [5, 5.41) is 5.75. The van der Waals surface area contributed by atoms with Gasteiger partial charge in [0.15, 0.2) is 0 Å². The largest absolute Gasteiger partial charge is 0.338 e. The number of benzene rings is 2. The number of anilines is 1. The molecule has 2 heterocycles. The molecule has 0 unspecified atom stereocenters. The lowest BCUT2D eigenvalue weighted by Gasteiger charge is -2.26. The summed E-state index contributed by atoms with van der Waals surface area (Å²) >= 11 is 0. The summed E-state index contributed by atoms with van der Waals surface area (Å²) in [4.78, 5) is 42.3. The van der Waals surface area contributed by atoms with Crippen molar-refractivity contribution in [1.29, 1.82) is 0 Å². The predicted octanol–water partition coefficient (Wildman–Crippen LogP) is 3.40. The summed E-state index contributed by atoms with van der Waals surface area (Å²) in [5.41, 5.74) is 2.88. The first-order valence-corrected chi connectivity index (χ1v) is 11.8. The molecule has 0 atom stereocenters. The number of fused-ring (bicyclic) bond motifs is 1. The van der Waals surface area contributed by atoms with Gasteiger partial charge < -0.3 is 15.6 Å². The van der Waals surface area contributed by atoms with E-state index in [0.717, 1.165) is 38.9 Å². The van der Waals surface area contributed by atoms with Crippen LogP contribution in [0.1, 0.15) is 31.7 Å². The van der Waals surface area contributed by atoms with Crippen LogP contribution < -0.4 is 21.9 Å². The average Bonchev–Trinajstić information content (AvgIpc) is 2.84. The fourth-order valence-corrected chi connectivity index (χ4v) is 4.31. The standard InChI is InChI=1S/C26H31N5O3/c1-2-27-25(33)28-21-10-11-22-23(18-21)29-26(34)31(24(22)32)15-7-6-14-30-16-12-20(13-17-30)19-8-4-3-5-9-19/h3-5,8-12,18H,2,6-7,13-17H2,1H3,(H,29,34)(H2,27,28,33). The molecule has 8 nitrogen and oxygen atoms in total. The van der Waals surface area contributed by atoms with Crippen molar-refractivity contribution in [2.75, 3.05) is 31.5 Å². The molecular weight excluding hydrogens is 430 g/mol. The number of carbonyl (C=O) groups excluding carboxylic acids is 1. The third kappa shape index (κ3) is 5.63. The number of nitrogens with one attached hydrogen (secondary N) is 3. The number of amides is 2. The molecule has 178 valence electrons. The number of hydrogen-bond donors (Lipinski definition) is 3. The summed E-state index contributed by atoms with van der Waals surface area (Å²) in [5.74, 6) is 0. The lowest BCUT2D eigenvalue weighted by molar-refractivity contribution is 0.252. The Balaban J connectivity index is 1.33. The van der Waals surface area contributed by atoms with E-state index >= 15 is 0 Å². The van der Waals surface area contributed by atoms with Gasteiger partial charge in [0.05, 0.1) is 10.9 Å². The van der Waals surface area contributed by atoms with Crippen LogP contribution in [-0.2, 0) is 6.54 Å². The van der Waals surface area contributed by atoms with Crippen molar-refractivity contribution in [3.8, 4) is 0 Å². The minimum Gasteiger partial charge on any atom is -0.338 e. The zero-order valence-electron chi connectivity index (χ0n) is 19.5. The third-order valence-electron chi connectivity index (χ3n) is 6.12. The van der Waals surface area contributed by atoms with Gasteiger partial charge in [-0.15, -0.1) is 0 Å². The van der Waals surface area contributed by atoms with Gasteiger partial charge in [-0.25, -0.2) is 9.59 Å². The molecule has 3 aromatic rings. The van der Waals surface area contributed by atoms with Gasteiger partial charge in [0.2, 0.25) is 0 Å². The molecule has 2 aromatic carbocycles. The van der Waals surface area contributed by atoms with Crippen LogP contribution in [0, 0.1) is 0 Å². The highest BCUT2D eigenvalue weighted by Crippen LogP contribution is 2.22. The number of hydrogen-bond acceptors (Lipinski definition) is 4. The van der Waals surface area contributed by atoms with Crippen molar-refractivity contribution in [2.24, 2.45) is 0 Å². The number of aromatic amines is 1. The van der Waals surface area contributed by atoms with Crippen molar-refractivity contribution in [2.45, 2.75) is 32.7 Å². The van der Waals surface area contributed by atoms with E-state index in [1.54, 1.807) is 18.2 Å². The van der Waals surface area contributed by atoms with Crippen molar-refractivity contribution in [3.05, 3.63) is 81.0 Å². The van der Waals surface area contributed by atoms with E-state index in [-0.39, 0.29) is 11.6 Å². The molecule has 0 saturated heterocycles. The lowest BCUT2D eigenvalue weighted by atomic mass is 9.99. The van der Waals surface area contributed by atoms with Crippen LogP contribution in [0.15, 0.2) is 64.2 Å². The Labute approximate surface area is 198 Å². The SMILES string of the molecule is CCNC(=O)Nc1ccc2c(=O)n(CCCCN3CC=C(c4ccccc4)CC3)c(=O)[nH]c2c1. The fourth-order valence-electron chi connectivity index (χ4n) is 4.31. The number of H-pyrrole nitrogens is 1. The van der Waals surface area contributed by atoms with E-state index in [1.165, 1.54) is 15.7 Å². The normalized spacial score (nSPS) is 14.1. The van der Waals surface area contributed by atoms with Gasteiger partial charge in [-0.2, -0.15) is 0 Å². The first-order valence-electron chi connectivity index (χ1n) is 11.8. The maximum Gasteiger partial charge on any atom is 0.328 e. The van der Waals surface area contributed by atoms with Gasteiger partial charge in [-0.3, -0.25) is 14.3 Å². The maximum absolute atomic E-state index is 12.9. The molecular formula is C26H31N5O3. The van der Waals surface area contributed by atoms with Gasteiger partial charge in [0.1, 0.15) is 0 Å². The van der Waals surface area contributed by atoms with Gasteiger partial charge in [-0.1, -0.05) is 36.4 Å². The molecule has 34 heavy (non-hydrogen) atoms. The summed E-state index contributed by atoms with van der Waals surface area (Å²) < 4.78 is 1.27. The summed E-state index contributed by atoms with van der Waals surface area (Å²) in [6.45, 7) is 5.59. The fraction of sp³-hybridized carbons (Fsp3) is 0.346. The van der Waals surface area contributed by atoms with E-state index in [4.69, 9.17) is 0 Å². The highest BCUT2D eigenvalue weighted by Gasteiger charge is 2.13. The second kappa shape index (κ2) is 11.0. The Hall–Kier alpha value is -3.65. The van der Waals surface area contributed by atoms with Gasteiger partial charge in [0.25, 0.3) is 5.56 Å². The van der Waals surface area contributed by atoms with Gasteiger partial charge in [-0.05, 0) is 62.1 Å². The average molecular weight is 462 g/mol. The smallest absolute Gasteiger partial charge is 0.328 e. The molecule has 0 spiro atoms. The number of unbranched alkanes of at least 4 members (excludes halogenated alkanes) is 1. The Morgan fingerprint density at radius 2 is 1.85 bits per heavy atom. The van der Waals surface area contributed by atoms with Crippen molar-refractivity contribution >= 4 is 28.2 Å². The molecule has 1 aliphatic rings. The molecule has 0 saturated carbocycles. The minimum absolute atomic E-state index is 0.309. The molecule has 2 amide bonds. The zero-order valence-corrected chi connectivity index (χ0v) is 19.5. The number of carbonyl (C=O) groups is 1. The first-order chi connectivity index (χ1) is 16.5. The zero-order chi connectivity index (χ0) is 23.9. The summed E-state index contributed by atoms with van der Waals surface area (Å²) in [7, 11) is 0. The molecule has 8 heteroatoms. The Kier molecular flexibility index (Phi) is 7.59. The highest BCUT2D eigenvalue weighted by molar-refractivity contribution is 5.92. The van der Waals surface area contributed by atoms with Crippen LogP contribution in [0.25, 0.3) is 16.5 Å². The number of aromatic nitrogens is 2. The first kappa shape index (κ1) is 23.5. The quantitative estimate of drug-likeness (QED) is 0.448. The number of urea groups is 1. The van der Waals surface area contributed by atoms with Crippen LogP contribution in [-0.4, -0.2) is 46.7 Å². The molecule has 3 N–H and O–H groups in total. The second-order valence-corrected chi connectivity index (χ2v) is 8.48. The minimum atomic E-state index is -0.430.